The summed E-state index contributed by atoms with van der Waals surface area (Å²) in [6.07, 6.45) is 6.82. The van der Waals surface area contributed by atoms with E-state index < -0.39 is 17.9 Å². The first-order chi connectivity index (χ1) is 14.8. The van der Waals surface area contributed by atoms with Gasteiger partial charge in [-0.15, -0.1) is 0 Å². The largest absolute Gasteiger partial charge is 0.359 e. The lowest BCUT2D eigenvalue weighted by Crippen LogP contribution is -2.49. The maximum absolute atomic E-state index is 12.4. The van der Waals surface area contributed by atoms with Gasteiger partial charge in [-0.05, 0) is 50.9 Å². The number of amides is 5. The molecule has 2 radical (unpaired) electrons. The molecule has 1 heterocycles. The number of hydrogen-bond acceptors (Lipinski definition) is 5. The zero-order valence-corrected chi connectivity index (χ0v) is 18.4. The Morgan fingerprint density at radius 1 is 1.13 bits per heavy atom. The van der Waals surface area contributed by atoms with Gasteiger partial charge in [-0.1, -0.05) is 6.92 Å². The fourth-order valence-corrected chi connectivity index (χ4v) is 4.12. The normalized spacial score (nSPS) is 24.5. The molecular weight excluding hydrogens is 399 g/mol. The van der Waals surface area contributed by atoms with E-state index in [-0.39, 0.29) is 23.8 Å². The highest BCUT2D eigenvalue weighted by Crippen LogP contribution is 2.28. The van der Waals surface area contributed by atoms with Crippen molar-refractivity contribution in [3.05, 3.63) is 0 Å². The molecule has 170 valence electrons. The third-order valence-corrected chi connectivity index (χ3v) is 6.04. The Labute approximate surface area is 184 Å². The van der Waals surface area contributed by atoms with E-state index in [1.807, 2.05) is 6.92 Å². The van der Waals surface area contributed by atoms with E-state index in [1.165, 1.54) is 11.1 Å². The van der Waals surface area contributed by atoms with Crippen LogP contribution in [0.25, 0.3) is 0 Å². The van der Waals surface area contributed by atoms with E-state index in [4.69, 9.17) is 7.85 Å². The summed E-state index contributed by atoms with van der Waals surface area (Å²) < 4.78 is 0. The van der Waals surface area contributed by atoms with Crippen LogP contribution in [-0.4, -0.2) is 74.8 Å². The molecule has 0 aromatic rings. The molecule has 31 heavy (non-hydrogen) atoms. The smallest absolute Gasteiger partial charge is 0.335 e. The van der Waals surface area contributed by atoms with Crippen LogP contribution in [-0.2, 0) is 9.59 Å². The Kier molecular flexibility index (Phi) is 9.80. The predicted octanol–water partition coefficient (Wildman–Crippen LogP) is 0.472. The Balaban J connectivity index is 1.69. The summed E-state index contributed by atoms with van der Waals surface area (Å²) in [7, 11) is 6.97. The first kappa shape index (κ1) is 24.7. The van der Waals surface area contributed by atoms with Gasteiger partial charge in [0, 0.05) is 32.3 Å². The first-order valence-corrected chi connectivity index (χ1v) is 11.0. The van der Waals surface area contributed by atoms with E-state index in [0.29, 0.717) is 31.8 Å². The fraction of sp³-hybridized carbons (Fsp3) is 0.750. The molecule has 1 unspecified atom stereocenters. The molecule has 1 aliphatic heterocycles. The van der Waals surface area contributed by atoms with Gasteiger partial charge >= 0.3 is 6.03 Å². The number of hydrazone groups is 1. The highest BCUT2D eigenvalue weighted by Gasteiger charge is 2.32. The van der Waals surface area contributed by atoms with Gasteiger partial charge in [0.2, 0.25) is 19.7 Å². The summed E-state index contributed by atoms with van der Waals surface area (Å²) in [6.45, 7) is 2.89. The van der Waals surface area contributed by atoms with Crippen molar-refractivity contribution >= 4 is 37.7 Å². The molecule has 2 aliphatic rings. The lowest BCUT2D eigenvalue weighted by atomic mass is 9.81. The molecule has 5 amide bonds. The average Bonchev–Trinajstić information content (AvgIpc) is 3.27. The Bertz CT molecular complexity index is 681. The monoisotopic (exact) mass is 432 g/mol. The molecule has 0 spiro atoms. The molecule has 0 bridgehead atoms. The maximum Gasteiger partial charge on any atom is 0.335 e. The van der Waals surface area contributed by atoms with Crippen molar-refractivity contribution in [2.45, 2.75) is 64.0 Å². The minimum Gasteiger partial charge on any atom is -0.359 e. The van der Waals surface area contributed by atoms with Crippen molar-refractivity contribution in [3.63, 3.8) is 0 Å². The van der Waals surface area contributed by atoms with Crippen LogP contribution in [0.5, 0.6) is 0 Å². The lowest BCUT2D eigenvalue weighted by molar-refractivity contribution is -0.126. The van der Waals surface area contributed by atoms with E-state index in [9.17, 15) is 19.2 Å². The number of carbonyl (C=O) groups is 4. The molecule has 2 fully saturated rings. The van der Waals surface area contributed by atoms with Gasteiger partial charge in [-0.3, -0.25) is 14.4 Å². The minimum absolute atomic E-state index is 0.0696. The second-order valence-corrected chi connectivity index (χ2v) is 8.14. The van der Waals surface area contributed by atoms with Crippen molar-refractivity contribution in [3.8, 4) is 0 Å². The molecule has 1 aliphatic carbocycles. The van der Waals surface area contributed by atoms with Crippen LogP contribution in [0, 0.1) is 11.8 Å². The van der Waals surface area contributed by atoms with Crippen LogP contribution in [0.3, 0.4) is 0 Å². The minimum atomic E-state index is -0.597. The molecule has 2 atom stereocenters. The summed E-state index contributed by atoms with van der Waals surface area (Å²) in [5, 5.41) is 12.2. The number of rotatable bonds is 8. The van der Waals surface area contributed by atoms with Crippen LogP contribution in [0.2, 0.25) is 0 Å². The number of hydrogen-bond donors (Lipinski definition) is 4. The van der Waals surface area contributed by atoms with Crippen LogP contribution in [0.1, 0.15) is 51.9 Å². The van der Waals surface area contributed by atoms with Gasteiger partial charge in [0.15, 0.2) is 5.81 Å². The first-order valence-electron chi connectivity index (χ1n) is 11.0. The topological polar surface area (TPSA) is 132 Å². The molecular formula is C20H33BN6O4. The Morgan fingerprint density at radius 2 is 1.84 bits per heavy atom. The molecule has 2 rings (SSSR count). The molecule has 4 N–H and O–H groups in total. The number of nitrogens with one attached hydrogen (secondary N) is 4. The van der Waals surface area contributed by atoms with E-state index in [0.717, 1.165) is 32.1 Å². The second-order valence-electron chi connectivity index (χ2n) is 8.14. The van der Waals surface area contributed by atoms with E-state index in [1.54, 1.807) is 7.05 Å². The van der Waals surface area contributed by atoms with Crippen LogP contribution >= 0.6 is 0 Å². The van der Waals surface area contributed by atoms with Gasteiger partial charge < -0.3 is 20.9 Å². The third kappa shape index (κ3) is 7.55. The lowest BCUT2D eigenvalue weighted by Gasteiger charge is -2.27. The van der Waals surface area contributed by atoms with Crippen molar-refractivity contribution in [2.24, 2.45) is 16.9 Å². The zero-order chi connectivity index (χ0) is 22.8. The van der Waals surface area contributed by atoms with Crippen LogP contribution < -0.4 is 21.4 Å². The quantitative estimate of drug-likeness (QED) is 0.252. The highest BCUT2D eigenvalue weighted by molar-refractivity contribution is 6.57. The third-order valence-electron chi connectivity index (χ3n) is 6.04. The second kappa shape index (κ2) is 12.3. The summed E-state index contributed by atoms with van der Waals surface area (Å²) in [5.74, 6) is -0.365. The summed E-state index contributed by atoms with van der Waals surface area (Å²) in [5.41, 5.74) is 2.41. The summed E-state index contributed by atoms with van der Waals surface area (Å²) in [6, 6.07) is -1.35. The van der Waals surface area contributed by atoms with E-state index in [2.05, 4.69) is 26.5 Å². The van der Waals surface area contributed by atoms with Crippen molar-refractivity contribution < 1.29 is 19.2 Å². The molecule has 11 heteroatoms. The van der Waals surface area contributed by atoms with Gasteiger partial charge in [0.25, 0.3) is 0 Å². The van der Waals surface area contributed by atoms with Crippen LogP contribution in [0.15, 0.2) is 5.10 Å². The van der Waals surface area contributed by atoms with Gasteiger partial charge in [0.1, 0.15) is 6.04 Å². The predicted molar refractivity (Wildman–Crippen MR) is 118 cm³/mol. The SMILES string of the molecule is [B]C(=O)N1CCC[C@H]1C(=O)NC(/C=N/NC(=O)NCC1CCC(C(=O)NC)CC1)CC. The Morgan fingerprint density at radius 3 is 2.45 bits per heavy atom. The number of urea groups is 1. The zero-order valence-electron chi connectivity index (χ0n) is 18.4. The number of nitrogens with zero attached hydrogens (tertiary/aromatic N) is 2. The van der Waals surface area contributed by atoms with Gasteiger partial charge in [-0.2, -0.15) is 5.10 Å². The number of carbonyl (C=O) groups excluding carboxylic acids is 4. The van der Waals surface area contributed by atoms with Crippen molar-refractivity contribution in [2.75, 3.05) is 20.1 Å². The maximum atomic E-state index is 12.4. The molecule has 10 nitrogen and oxygen atoms in total. The van der Waals surface area contributed by atoms with Gasteiger partial charge in [0.05, 0.1) is 6.04 Å². The average molecular weight is 432 g/mol. The highest BCUT2D eigenvalue weighted by atomic mass is 16.2. The molecule has 1 saturated heterocycles. The van der Waals surface area contributed by atoms with E-state index >= 15 is 0 Å². The molecule has 0 aromatic heterocycles. The standard InChI is InChI=1S/C20H33BN6O4/c1-3-15(25-18(29)16-5-4-10-27(16)19(21)30)12-24-26-20(31)23-11-13-6-8-14(9-7-13)17(28)22-2/h12-16H,3-11H2,1-2H3,(H,22,28)(H,25,29)(H2,23,26,31)/b24-12+/t13?,14?,15?,16-/m0/s1. The summed E-state index contributed by atoms with van der Waals surface area (Å²) >= 11 is 0. The van der Waals surface area contributed by atoms with Gasteiger partial charge in [-0.25, -0.2) is 10.2 Å². The Hall–Kier alpha value is -2.59. The number of likely N-dealkylation sites (tertiary alicyclic amines) is 1. The molecule has 0 aromatic carbocycles. The summed E-state index contributed by atoms with van der Waals surface area (Å²) in [4.78, 5) is 48.9. The molecule has 1 saturated carbocycles. The fourth-order valence-electron chi connectivity index (χ4n) is 4.12. The van der Waals surface area contributed by atoms with Crippen molar-refractivity contribution in [1.29, 1.82) is 0 Å². The van der Waals surface area contributed by atoms with Crippen molar-refractivity contribution in [1.82, 2.24) is 26.3 Å². The van der Waals surface area contributed by atoms with Crippen LogP contribution in [0.4, 0.5) is 9.59 Å².